The van der Waals surface area contributed by atoms with Crippen molar-refractivity contribution < 1.29 is 24.0 Å². The number of fused-ring (bicyclic) bond motifs is 1. The van der Waals surface area contributed by atoms with E-state index < -0.39 is 10.8 Å². The van der Waals surface area contributed by atoms with Crippen molar-refractivity contribution in [3.05, 3.63) is 32.8 Å². The number of hydrogen-bond donors (Lipinski definition) is 2. The maximum absolute atomic E-state index is 12.0. The lowest BCUT2D eigenvalue weighted by atomic mass is 10.1. The maximum Gasteiger partial charge on any atom is 0.282 e. The van der Waals surface area contributed by atoms with Gasteiger partial charge in [0.2, 0.25) is 23.7 Å². The van der Waals surface area contributed by atoms with Crippen LogP contribution in [-0.4, -0.2) is 39.9 Å². The molecule has 3 rings (SSSR count). The summed E-state index contributed by atoms with van der Waals surface area (Å²) in [4.78, 5) is 34.1. The number of carbonyl (C=O) groups is 2. The van der Waals surface area contributed by atoms with Crippen molar-refractivity contribution in [2.45, 2.75) is 26.2 Å². The molecule has 2 N–H and O–H groups in total. The molecule has 0 atom stereocenters. The third-order valence-electron chi connectivity index (χ3n) is 3.61. The van der Waals surface area contributed by atoms with Gasteiger partial charge >= 0.3 is 0 Å². The molecule has 0 aliphatic carbocycles. The molecule has 0 radical (unpaired) electrons. The van der Waals surface area contributed by atoms with Crippen LogP contribution in [0.2, 0.25) is 0 Å². The number of amides is 2. The highest BCUT2D eigenvalue weighted by Crippen LogP contribution is 2.37. The third kappa shape index (κ3) is 5.22. The first-order chi connectivity index (χ1) is 14.0. The number of rotatable bonds is 8. The summed E-state index contributed by atoms with van der Waals surface area (Å²) < 4.78 is 10.3. The summed E-state index contributed by atoms with van der Waals surface area (Å²) >= 11 is 1.08. The Morgan fingerprint density at radius 1 is 1.31 bits per heavy atom. The highest BCUT2D eigenvalue weighted by molar-refractivity contribution is 7.15. The minimum Gasteiger partial charge on any atom is -0.454 e. The summed E-state index contributed by atoms with van der Waals surface area (Å²) in [6.45, 7) is 1.86. The number of benzene rings is 1. The van der Waals surface area contributed by atoms with Gasteiger partial charge in [0, 0.05) is 6.42 Å². The van der Waals surface area contributed by atoms with Gasteiger partial charge in [-0.05, 0) is 12.5 Å². The van der Waals surface area contributed by atoms with Crippen LogP contribution in [0, 0.1) is 10.1 Å². The number of nitro benzene ring substituents is 1. The molecule has 13 heteroatoms. The molecule has 2 aromatic rings. The van der Waals surface area contributed by atoms with E-state index in [2.05, 4.69) is 26.0 Å². The minimum absolute atomic E-state index is 0.0213. The van der Waals surface area contributed by atoms with E-state index >= 15 is 0 Å². The molecular formula is C16H16N6O6S. The Kier molecular flexibility index (Phi) is 6.29. The van der Waals surface area contributed by atoms with Gasteiger partial charge in [0.1, 0.15) is 5.01 Å². The lowest BCUT2D eigenvalue weighted by Gasteiger charge is -2.01. The number of ether oxygens (including phenoxy) is 2. The van der Waals surface area contributed by atoms with Gasteiger partial charge in [-0.3, -0.25) is 19.7 Å². The van der Waals surface area contributed by atoms with Gasteiger partial charge in [-0.15, -0.1) is 10.2 Å². The molecule has 0 saturated carbocycles. The smallest absolute Gasteiger partial charge is 0.282 e. The summed E-state index contributed by atoms with van der Waals surface area (Å²) in [6.07, 6.45) is 2.12. The Bertz CT molecular complexity index is 975. The SMILES string of the molecule is CCCC(=O)Nc1nnc(CC(=O)NN=Cc2cc3c(cc2[N+](=O)[O-])OCO3)s1. The van der Waals surface area contributed by atoms with Crippen molar-refractivity contribution in [3.63, 3.8) is 0 Å². The monoisotopic (exact) mass is 420 g/mol. The first-order valence-corrected chi connectivity index (χ1v) is 9.30. The molecule has 1 aliphatic heterocycles. The van der Waals surface area contributed by atoms with Gasteiger partial charge in [0.05, 0.1) is 29.2 Å². The second-order valence-corrected chi connectivity index (χ2v) is 6.85. The van der Waals surface area contributed by atoms with Crippen molar-refractivity contribution in [3.8, 4) is 11.5 Å². The molecule has 2 amide bonds. The van der Waals surface area contributed by atoms with Crippen LogP contribution in [0.3, 0.4) is 0 Å². The molecule has 29 heavy (non-hydrogen) atoms. The Hall–Kier alpha value is -3.61. The number of nitro groups is 1. The van der Waals surface area contributed by atoms with E-state index in [0.29, 0.717) is 28.7 Å². The number of anilines is 1. The summed E-state index contributed by atoms with van der Waals surface area (Å²) in [7, 11) is 0. The lowest BCUT2D eigenvalue weighted by molar-refractivity contribution is -0.385. The standard InChI is InChI=1S/C16H16N6O6S/c1-2-3-13(23)18-16-21-20-15(29-16)6-14(24)19-17-7-9-4-11-12(28-8-27-11)5-10(9)22(25)26/h4-5,7H,2-3,6,8H2,1H3,(H,19,24)(H,18,21,23). The van der Waals surface area contributed by atoms with Gasteiger partial charge < -0.3 is 14.8 Å². The van der Waals surface area contributed by atoms with Gasteiger partial charge in [0.15, 0.2) is 11.5 Å². The van der Waals surface area contributed by atoms with Crippen LogP contribution in [0.1, 0.15) is 30.3 Å². The predicted molar refractivity (Wildman–Crippen MR) is 102 cm³/mol. The molecule has 0 spiro atoms. The fourth-order valence-electron chi connectivity index (χ4n) is 2.34. The minimum atomic E-state index is -0.583. The largest absolute Gasteiger partial charge is 0.454 e. The molecule has 12 nitrogen and oxygen atoms in total. The summed E-state index contributed by atoms with van der Waals surface area (Å²) in [5, 5.41) is 25.9. The molecule has 0 unspecified atom stereocenters. The van der Waals surface area contributed by atoms with Crippen LogP contribution in [-0.2, 0) is 16.0 Å². The first kappa shape index (κ1) is 20.1. The van der Waals surface area contributed by atoms with Crippen molar-refractivity contribution in [1.82, 2.24) is 15.6 Å². The van der Waals surface area contributed by atoms with E-state index in [1.165, 1.54) is 12.1 Å². The van der Waals surface area contributed by atoms with Crippen LogP contribution in [0.15, 0.2) is 17.2 Å². The molecule has 152 valence electrons. The quantitative estimate of drug-likeness (QED) is 0.370. The zero-order chi connectivity index (χ0) is 20.8. The Balaban J connectivity index is 1.59. The first-order valence-electron chi connectivity index (χ1n) is 8.48. The van der Waals surface area contributed by atoms with Gasteiger partial charge in [0.25, 0.3) is 5.69 Å². The molecule has 0 bridgehead atoms. The fourth-order valence-corrected chi connectivity index (χ4v) is 3.10. The number of hydrazone groups is 1. The second kappa shape index (κ2) is 9.05. The number of aromatic nitrogens is 2. The van der Waals surface area contributed by atoms with Crippen LogP contribution in [0.5, 0.6) is 11.5 Å². The average molecular weight is 420 g/mol. The third-order valence-corrected chi connectivity index (χ3v) is 4.45. The molecule has 1 aromatic carbocycles. The van der Waals surface area contributed by atoms with Crippen LogP contribution >= 0.6 is 11.3 Å². The van der Waals surface area contributed by atoms with Crippen molar-refractivity contribution >= 4 is 40.2 Å². The Labute approximate surface area is 168 Å². The summed E-state index contributed by atoms with van der Waals surface area (Å²) in [5.74, 6) is -0.0346. The Morgan fingerprint density at radius 2 is 2.07 bits per heavy atom. The topological polar surface area (TPSA) is 158 Å². The van der Waals surface area contributed by atoms with E-state index in [1.807, 2.05) is 6.92 Å². The highest BCUT2D eigenvalue weighted by atomic mass is 32.1. The fraction of sp³-hybridized carbons (Fsp3) is 0.312. The second-order valence-electron chi connectivity index (χ2n) is 5.79. The van der Waals surface area contributed by atoms with Gasteiger partial charge in [-0.25, -0.2) is 5.43 Å². The van der Waals surface area contributed by atoms with E-state index in [0.717, 1.165) is 17.6 Å². The van der Waals surface area contributed by atoms with Crippen LogP contribution < -0.4 is 20.2 Å². The van der Waals surface area contributed by atoms with E-state index in [1.54, 1.807) is 0 Å². The highest BCUT2D eigenvalue weighted by Gasteiger charge is 2.22. The molecule has 1 aromatic heterocycles. The average Bonchev–Trinajstić information content (AvgIpc) is 3.29. The number of carbonyl (C=O) groups excluding carboxylic acids is 2. The van der Waals surface area contributed by atoms with Crippen LogP contribution in [0.4, 0.5) is 10.8 Å². The zero-order valence-corrected chi connectivity index (χ0v) is 16.0. The lowest BCUT2D eigenvalue weighted by Crippen LogP contribution is -2.19. The molecule has 2 heterocycles. The zero-order valence-electron chi connectivity index (χ0n) is 15.2. The molecular weight excluding hydrogens is 404 g/mol. The maximum atomic E-state index is 12.0. The molecule has 0 saturated heterocycles. The molecule has 1 aliphatic rings. The van der Waals surface area contributed by atoms with Crippen molar-refractivity contribution in [1.29, 1.82) is 0 Å². The summed E-state index contributed by atoms with van der Waals surface area (Å²) in [5.41, 5.74) is 2.19. The number of nitrogens with one attached hydrogen (secondary N) is 2. The Morgan fingerprint density at radius 3 is 2.79 bits per heavy atom. The number of nitrogens with zero attached hydrogens (tertiary/aromatic N) is 4. The van der Waals surface area contributed by atoms with E-state index in [-0.39, 0.29) is 36.1 Å². The van der Waals surface area contributed by atoms with Gasteiger partial charge in [-0.2, -0.15) is 5.10 Å². The van der Waals surface area contributed by atoms with Gasteiger partial charge in [-0.1, -0.05) is 18.3 Å². The van der Waals surface area contributed by atoms with Crippen molar-refractivity contribution in [2.24, 2.45) is 5.10 Å². The van der Waals surface area contributed by atoms with E-state index in [9.17, 15) is 19.7 Å². The normalized spacial score (nSPS) is 12.2. The number of hydrogen-bond acceptors (Lipinski definition) is 10. The van der Waals surface area contributed by atoms with Crippen LogP contribution in [0.25, 0.3) is 0 Å². The van der Waals surface area contributed by atoms with E-state index in [4.69, 9.17) is 9.47 Å². The van der Waals surface area contributed by atoms with Crippen molar-refractivity contribution in [2.75, 3.05) is 12.1 Å². The summed E-state index contributed by atoms with van der Waals surface area (Å²) in [6, 6.07) is 2.65. The molecule has 0 fully saturated rings. The predicted octanol–water partition coefficient (Wildman–Crippen LogP) is 1.61.